The number of allylic oxidation sites excluding steroid dienone is 10. The fourth-order valence-corrected chi connectivity index (χ4v) is 10.5. The van der Waals surface area contributed by atoms with Gasteiger partial charge in [0.25, 0.3) is 0 Å². The number of ether oxygens (including phenoxy) is 3. The Balaban J connectivity index is 4.11. The van der Waals surface area contributed by atoms with Crippen molar-refractivity contribution in [2.45, 2.75) is 380 Å². The minimum Gasteiger partial charge on any atom is -0.462 e. The van der Waals surface area contributed by atoms with Crippen molar-refractivity contribution in [3.05, 3.63) is 60.8 Å². The van der Waals surface area contributed by atoms with Gasteiger partial charge in [-0.2, -0.15) is 0 Å². The lowest BCUT2D eigenvalue weighted by atomic mass is 10.0. The molecule has 0 radical (unpaired) electrons. The molecule has 0 aliphatic rings. The van der Waals surface area contributed by atoms with Crippen LogP contribution in [0, 0.1) is 0 Å². The smallest absolute Gasteiger partial charge is 0.306 e. The van der Waals surface area contributed by atoms with E-state index in [2.05, 4.69) is 81.5 Å². The van der Waals surface area contributed by atoms with Crippen molar-refractivity contribution in [1.82, 2.24) is 0 Å². The van der Waals surface area contributed by atoms with Crippen LogP contribution < -0.4 is 0 Å². The van der Waals surface area contributed by atoms with E-state index in [1.807, 2.05) is 0 Å². The average Bonchev–Trinajstić information content (AvgIpc) is 3.46. The molecule has 0 aromatic rings. The second-order valence-electron chi connectivity index (χ2n) is 23.8. The van der Waals surface area contributed by atoms with E-state index in [1.165, 1.54) is 244 Å². The summed E-state index contributed by atoms with van der Waals surface area (Å²) in [5.41, 5.74) is 0. The van der Waals surface area contributed by atoms with Crippen LogP contribution in [-0.2, 0) is 28.6 Å². The fourth-order valence-electron chi connectivity index (χ4n) is 10.5. The Bertz CT molecular complexity index is 1430. The molecule has 1 atom stereocenters. The zero-order chi connectivity index (χ0) is 57.8. The molecule has 0 amide bonds. The van der Waals surface area contributed by atoms with Gasteiger partial charge in [-0.1, -0.05) is 332 Å². The van der Waals surface area contributed by atoms with Gasteiger partial charge in [0.1, 0.15) is 13.2 Å². The van der Waals surface area contributed by atoms with E-state index in [4.69, 9.17) is 14.2 Å². The fraction of sp³-hybridized carbons (Fsp3) is 0.824. The standard InChI is InChI=1S/C74H134O6/c1-4-7-10-13-16-19-22-25-27-29-30-31-32-33-34-35-36-37-38-39-40-41-42-43-44-45-47-49-52-55-58-61-64-67-73(76)79-70-71(69-78-72(75)66-63-60-57-54-51-48-24-21-18-15-12-9-6-3)80-74(77)68-65-62-59-56-53-50-46-28-26-23-20-17-14-11-8-5-2/h9,12,18,21-22,25,29-30,48,51,71H,4-8,10-11,13-17,19-20,23-24,26-28,31-47,49-50,52-70H2,1-3H3/b12-9-,21-18-,25-22-,30-29-,51-48-. The SMILES string of the molecule is CC/C=C\C/C=C\C/C=C\CCCCCC(=O)OCC(COC(=O)CCCCCCCCCCCCCCCCCCCCCCC/C=C\C/C=C\CCCCCCC)OC(=O)CCCCCCCCCCCCCCCCCC. The summed E-state index contributed by atoms with van der Waals surface area (Å²) in [6.45, 7) is 6.55. The first-order valence-electron chi connectivity index (χ1n) is 35.3. The second kappa shape index (κ2) is 68.6. The molecule has 80 heavy (non-hydrogen) atoms. The molecule has 0 spiro atoms. The Hall–Kier alpha value is -2.89. The zero-order valence-electron chi connectivity index (χ0n) is 53.6. The zero-order valence-corrected chi connectivity index (χ0v) is 53.6. The molecule has 0 rings (SSSR count). The van der Waals surface area contributed by atoms with Crippen molar-refractivity contribution >= 4 is 17.9 Å². The number of hydrogen-bond donors (Lipinski definition) is 0. The van der Waals surface area contributed by atoms with Crippen molar-refractivity contribution in [2.24, 2.45) is 0 Å². The molecule has 0 aliphatic heterocycles. The highest BCUT2D eigenvalue weighted by Gasteiger charge is 2.19. The molecule has 0 N–H and O–H groups in total. The third-order valence-corrected chi connectivity index (χ3v) is 15.8. The van der Waals surface area contributed by atoms with Gasteiger partial charge in [0.15, 0.2) is 6.10 Å². The van der Waals surface area contributed by atoms with Gasteiger partial charge in [-0.05, 0) is 83.5 Å². The lowest BCUT2D eigenvalue weighted by molar-refractivity contribution is -0.167. The van der Waals surface area contributed by atoms with Crippen molar-refractivity contribution in [1.29, 1.82) is 0 Å². The maximum atomic E-state index is 12.9. The number of unbranched alkanes of at least 4 members (excludes halogenated alkanes) is 44. The molecule has 466 valence electrons. The molecule has 0 saturated carbocycles. The molecule has 0 saturated heterocycles. The summed E-state index contributed by atoms with van der Waals surface area (Å²) < 4.78 is 16.9. The summed E-state index contributed by atoms with van der Waals surface area (Å²) in [6.07, 6.45) is 88.4. The number of carbonyl (C=O) groups is 3. The largest absolute Gasteiger partial charge is 0.462 e. The van der Waals surface area contributed by atoms with Gasteiger partial charge in [-0.15, -0.1) is 0 Å². The van der Waals surface area contributed by atoms with Crippen LogP contribution >= 0.6 is 0 Å². The monoisotopic (exact) mass is 1120 g/mol. The maximum Gasteiger partial charge on any atom is 0.306 e. The highest BCUT2D eigenvalue weighted by molar-refractivity contribution is 5.71. The molecule has 0 aromatic carbocycles. The van der Waals surface area contributed by atoms with Crippen molar-refractivity contribution in [2.75, 3.05) is 13.2 Å². The summed E-state index contributed by atoms with van der Waals surface area (Å²) in [5, 5.41) is 0. The molecule has 6 heteroatoms. The van der Waals surface area contributed by atoms with E-state index in [9.17, 15) is 14.4 Å². The van der Waals surface area contributed by atoms with Gasteiger partial charge in [-0.3, -0.25) is 14.4 Å². The summed E-state index contributed by atoms with van der Waals surface area (Å²) in [7, 11) is 0. The Labute approximate surface area is 498 Å². The first-order valence-corrected chi connectivity index (χ1v) is 35.3. The second-order valence-corrected chi connectivity index (χ2v) is 23.8. The molecule has 0 aliphatic carbocycles. The molecular weight excluding hydrogens is 985 g/mol. The Kier molecular flexibility index (Phi) is 66.1. The van der Waals surface area contributed by atoms with Crippen LogP contribution in [-0.4, -0.2) is 37.2 Å². The molecule has 0 fully saturated rings. The van der Waals surface area contributed by atoms with E-state index >= 15 is 0 Å². The Morgan fingerprint density at radius 3 is 0.775 bits per heavy atom. The lowest BCUT2D eigenvalue weighted by Crippen LogP contribution is -2.30. The molecule has 0 heterocycles. The van der Waals surface area contributed by atoms with Gasteiger partial charge < -0.3 is 14.2 Å². The minimum absolute atomic E-state index is 0.0784. The van der Waals surface area contributed by atoms with E-state index in [0.717, 1.165) is 89.9 Å². The number of hydrogen-bond acceptors (Lipinski definition) is 6. The van der Waals surface area contributed by atoms with Crippen LogP contribution in [0.25, 0.3) is 0 Å². The average molecular weight is 1120 g/mol. The van der Waals surface area contributed by atoms with Crippen LogP contribution in [0.3, 0.4) is 0 Å². The Morgan fingerprint density at radius 1 is 0.263 bits per heavy atom. The highest BCUT2D eigenvalue weighted by atomic mass is 16.6. The van der Waals surface area contributed by atoms with Crippen molar-refractivity contribution < 1.29 is 28.6 Å². The number of rotatable bonds is 65. The summed E-state index contributed by atoms with van der Waals surface area (Å²) in [6, 6.07) is 0. The normalized spacial score (nSPS) is 12.4. The van der Waals surface area contributed by atoms with E-state index in [-0.39, 0.29) is 31.1 Å². The molecule has 0 bridgehead atoms. The van der Waals surface area contributed by atoms with Crippen LogP contribution in [0.15, 0.2) is 60.8 Å². The van der Waals surface area contributed by atoms with Crippen LogP contribution in [0.1, 0.15) is 374 Å². The first-order chi connectivity index (χ1) is 39.5. The van der Waals surface area contributed by atoms with Gasteiger partial charge in [0.2, 0.25) is 0 Å². The quantitative estimate of drug-likeness (QED) is 0.0261. The molecular formula is C74H134O6. The third kappa shape index (κ3) is 65.9. The Morgan fingerprint density at radius 2 is 0.487 bits per heavy atom. The van der Waals surface area contributed by atoms with E-state index < -0.39 is 6.10 Å². The van der Waals surface area contributed by atoms with Gasteiger partial charge in [-0.25, -0.2) is 0 Å². The third-order valence-electron chi connectivity index (χ3n) is 15.8. The van der Waals surface area contributed by atoms with Crippen molar-refractivity contribution in [3.8, 4) is 0 Å². The lowest BCUT2D eigenvalue weighted by Gasteiger charge is -2.18. The number of carbonyl (C=O) groups excluding carboxylic acids is 3. The van der Waals surface area contributed by atoms with E-state index in [0.29, 0.717) is 19.3 Å². The van der Waals surface area contributed by atoms with Crippen LogP contribution in [0.5, 0.6) is 0 Å². The van der Waals surface area contributed by atoms with Gasteiger partial charge in [0, 0.05) is 19.3 Å². The first kappa shape index (κ1) is 77.1. The van der Waals surface area contributed by atoms with Crippen LogP contribution in [0.2, 0.25) is 0 Å². The molecule has 0 aromatic heterocycles. The van der Waals surface area contributed by atoms with E-state index in [1.54, 1.807) is 0 Å². The van der Waals surface area contributed by atoms with Gasteiger partial charge >= 0.3 is 17.9 Å². The topological polar surface area (TPSA) is 78.9 Å². The maximum absolute atomic E-state index is 12.9. The highest BCUT2D eigenvalue weighted by Crippen LogP contribution is 2.18. The summed E-state index contributed by atoms with van der Waals surface area (Å²) in [5.74, 6) is -0.886. The van der Waals surface area contributed by atoms with Crippen molar-refractivity contribution in [3.63, 3.8) is 0 Å². The molecule has 6 nitrogen and oxygen atoms in total. The predicted octanol–water partition coefficient (Wildman–Crippen LogP) is 24.3. The number of esters is 3. The summed E-state index contributed by atoms with van der Waals surface area (Å²) in [4.78, 5) is 38.3. The predicted molar refractivity (Wildman–Crippen MR) is 348 cm³/mol. The molecule has 1 unspecified atom stereocenters. The summed E-state index contributed by atoms with van der Waals surface area (Å²) >= 11 is 0. The minimum atomic E-state index is -0.783. The van der Waals surface area contributed by atoms with Gasteiger partial charge in [0.05, 0.1) is 0 Å². The van der Waals surface area contributed by atoms with Crippen LogP contribution in [0.4, 0.5) is 0 Å².